The predicted molar refractivity (Wildman–Crippen MR) is 98.8 cm³/mol. The monoisotopic (exact) mass is 351 g/mol. The van der Waals surface area contributed by atoms with Gasteiger partial charge in [0.25, 0.3) is 0 Å². The van der Waals surface area contributed by atoms with Crippen molar-refractivity contribution >= 4 is 35.4 Å². The van der Waals surface area contributed by atoms with Crippen LogP contribution in [0.25, 0.3) is 0 Å². The number of carbonyl (C=O) groups excluding carboxylic acids is 1. The molecule has 0 atom stereocenters. The number of nitrogens with one attached hydrogen (secondary N) is 2. The number of nitrogen functional groups attached to an aromatic ring is 1. The van der Waals surface area contributed by atoms with Crippen LogP contribution in [0.1, 0.15) is 12.5 Å². The van der Waals surface area contributed by atoms with Gasteiger partial charge in [0.15, 0.2) is 0 Å². The highest BCUT2D eigenvalue weighted by atomic mass is 35.5. The molecule has 24 heavy (non-hydrogen) atoms. The molecule has 0 heterocycles. The van der Waals surface area contributed by atoms with Crippen LogP contribution in [-0.2, 0) is 11.3 Å². The van der Waals surface area contributed by atoms with Crippen molar-refractivity contribution in [2.24, 2.45) is 0 Å². The number of rotatable bonds is 7. The van der Waals surface area contributed by atoms with E-state index in [2.05, 4.69) is 10.6 Å². The number of ether oxygens (including phenoxy) is 1. The summed E-state index contributed by atoms with van der Waals surface area (Å²) in [5.41, 5.74) is 9.02. The van der Waals surface area contributed by atoms with Crippen LogP contribution in [0.15, 0.2) is 42.5 Å². The van der Waals surface area contributed by atoms with Crippen molar-refractivity contribution in [3.63, 3.8) is 0 Å². The number of hydrogen-bond acceptors (Lipinski definition) is 5. The van der Waals surface area contributed by atoms with Gasteiger partial charge in [-0.1, -0.05) is 12.1 Å². The first-order valence-electron chi connectivity index (χ1n) is 7.32. The second-order valence-electron chi connectivity index (χ2n) is 5.06. The van der Waals surface area contributed by atoms with Crippen LogP contribution in [0.5, 0.6) is 5.75 Å². The zero-order valence-electron chi connectivity index (χ0n) is 13.4. The van der Waals surface area contributed by atoms with Crippen LogP contribution < -0.4 is 21.1 Å². The summed E-state index contributed by atoms with van der Waals surface area (Å²) in [6.45, 7) is 2.24. The average Bonchev–Trinajstić information content (AvgIpc) is 2.53. The molecule has 0 fully saturated rings. The lowest BCUT2D eigenvalue weighted by Crippen LogP contribution is -2.07. The van der Waals surface area contributed by atoms with Gasteiger partial charge in [0, 0.05) is 24.8 Å². The number of aliphatic hydroxyl groups excluding tert-OH is 1. The SMILES string of the molecule is CC(=O)Nc1ccc(CNc2cc(N)ccc2OCCO)cc1.Cl. The summed E-state index contributed by atoms with van der Waals surface area (Å²) in [5.74, 6) is 0.546. The third-order valence-electron chi connectivity index (χ3n) is 3.11. The first-order valence-corrected chi connectivity index (χ1v) is 7.32. The Bertz CT molecular complexity index is 663. The summed E-state index contributed by atoms with van der Waals surface area (Å²) in [7, 11) is 0. The minimum absolute atomic E-state index is 0. The van der Waals surface area contributed by atoms with Gasteiger partial charge in [0.05, 0.1) is 12.3 Å². The number of amides is 1. The summed E-state index contributed by atoms with van der Waals surface area (Å²) in [5, 5.41) is 14.9. The molecular formula is C17H22ClN3O3. The van der Waals surface area contributed by atoms with E-state index in [9.17, 15) is 4.79 Å². The molecule has 0 saturated carbocycles. The molecule has 6 nitrogen and oxygen atoms in total. The summed E-state index contributed by atoms with van der Waals surface area (Å²) in [6.07, 6.45) is 0. The molecule has 0 bridgehead atoms. The average molecular weight is 352 g/mol. The molecule has 0 radical (unpaired) electrons. The lowest BCUT2D eigenvalue weighted by atomic mass is 10.2. The maximum absolute atomic E-state index is 11.0. The number of benzene rings is 2. The molecule has 2 aromatic carbocycles. The van der Waals surface area contributed by atoms with Crippen molar-refractivity contribution in [3.05, 3.63) is 48.0 Å². The van der Waals surface area contributed by atoms with Gasteiger partial charge >= 0.3 is 0 Å². The zero-order chi connectivity index (χ0) is 16.7. The molecule has 1 amide bonds. The predicted octanol–water partition coefficient (Wildman–Crippen LogP) is 2.63. The molecule has 0 aliphatic rings. The van der Waals surface area contributed by atoms with Gasteiger partial charge in [-0.15, -0.1) is 12.4 Å². The lowest BCUT2D eigenvalue weighted by molar-refractivity contribution is -0.114. The Labute approximate surface area is 147 Å². The largest absolute Gasteiger partial charge is 0.489 e. The minimum atomic E-state index is -0.0960. The zero-order valence-corrected chi connectivity index (χ0v) is 14.2. The topological polar surface area (TPSA) is 96.6 Å². The molecule has 0 aliphatic heterocycles. The molecule has 130 valence electrons. The smallest absolute Gasteiger partial charge is 0.221 e. The van der Waals surface area contributed by atoms with Crippen LogP contribution >= 0.6 is 12.4 Å². The number of aliphatic hydroxyl groups is 1. The number of halogens is 1. The number of anilines is 3. The Hall–Kier alpha value is -2.44. The van der Waals surface area contributed by atoms with Crippen molar-refractivity contribution < 1.29 is 14.6 Å². The lowest BCUT2D eigenvalue weighted by Gasteiger charge is -2.14. The first kappa shape index (κ1) is 19.6. The maximum atomic E-state index is 11.0. The second-order valence-corrected chi connectivity index (χ2v) is 5.06. The fourth-order valence-electron chi connectivity index (χ4n) is 2.07. The van der Waals surface area contributed by atoms with Gasteiger partial charge < -0.3 is 26.2 Å². The van der Waals surface area contributed by atoms with Crippen LogP contribution in [0, 0.1) is 0 Å². The molecule has 2 rings (SSSR count). The van der Waals surface area contributed by atoms with Gasteiger partial charge in [-0.25, -0.2) is 0 Å². The molecule has 0 aliphatic carbocycles. The molecule has 0 aromatic heterocycles. The Morgan fingerprint density at radius 1 is 1.21 bits per heavy atom. The molecular weight excluding hydrogens is 330 g/mol. The van der Waals surface area contributed by atoms with Crippen LogP contribution in [0.4, 0.5) is 17.1 Å². The van der Waals surface area contributed by atoms with Crippen molar-refractivity contribution in [2.45, 2.75) is 13.5 Å². The van der Waals surface area contributed by atoms with E-state index in [0.717, 1.165) is 16.9 Å². The summed E-state index contributed by atoms with van der Waals surface area (Å²) in [4.78, 5) is 11.0. The Balaban J connectivity index is 0.00000288. The van der Waals surface area contributed by atoms with Gasteiger partial charge in [-0.3, -0.25) is 4.79 Å². The van der Waals surface area contributed by atoms with Crippen LogP contribution in [0.2, 0.25) is 0 Å². The molecule has 0 spiro atoms. The molecule has 5 N–H and O–H groups in total. The van der Waals surface area contributed by atoms with Crippen LogP contribution in [-0.4, -0.2) is 24.2 Å². The second kappa shape index (κ2) is 9.64. The quantitative estimate of drug-likeness (QED) is 0.575. The van der Waals surface area contributed by atoms with Crippen molar-refractivity contribution in [1.82, 2.24) is 0 Å². The number of nitrogens with two attached hydrogens (primary N) is 1. The third kappa shape index (κ3) is 5.98. The minimum Gasteiger partial charge on any atom is -0.489 e. The summed E-state index contributed by atoms with van der Waals surface area (Å²) >= 11 is 0. The first-order chi connectivity index (χ1) is 11.1. The van der Waals surface area contributed by atoms with Crippen molar-refractivity contribution in [2.75, 3.05) is 29.6 Å². The van der Waals surface area contributed by atoms with E-state index >= 15 is 0 Å². The maximum Gasteiger partial charge on any atom is 0.221 e. The Morgan fingerprint density at radius 2 is 1.92 bits per heavy atom. The van der Waals surface area contributed by atoms with Gasteiger partial charge in [-0.05, 0) is 35.9 Å². The highest BCUT2D eigenvalue weighted by molar-refractivity contribution is 5.88. The normalized spacial score (nSPS) is 9.75. The fraction of sp³-hybridized carbons (Fsp3) is 0.235. The van der Waals surface area contributed by atoms with E-state index < -0.39 is 0 Å². The summed E-state index contributed by atoms with van der Waals surface area (Å²) < 4.78 is 5.48. The third-order valence-corrected chi connectivity index (χ3v) is 3.11. The van der Waals surface area contributed by atoms with E-state index in [-0.39, 0.29) is 31.5 Å². The summed E-state index contributed by atoms with van der Waals surface area (Å²) in [6, 6.07) is 12.9. The van der Waals surface area contributed by atoms with Gasteiger partial charge in [0.1, 0.15) is 12.4 Å². The highest BCUT2D eigenvalue weighted by Crippen LogP contribution is 2.27. The molecule has 0 saturated heterocycles. The molecule has 7 heteroatoms. The van der Waals surface area contributed by atoms with Gasteiger partial charge in [0.2, 0.25) is 5.91 Å². The highest BCUT2D eigenvalue weighted by Gasteiger charge is 2.05. The van der Waals surface area contributed by atoms with E-state index in [4.69, 9.17) is 15.6 Å². The van der Waals surface area contributed by atoms with Crippen molar-refractivity contribution in [3.8, 4) is 5.75 Å². The molecule has 2 aromatic rings. The standard InChI is InChI=1S/C17H21N3O3.ClH/c1-12(22)20-15-5-2-13(3-6-15)11-19-16-10-14(18)4-7-17(16)23-9-8-21;/h2-7,10,19,21H,8-9,11,18H2,1H3,(H,20,22);1H. The van der Waals surface area contributed by atoms with E-state index in [1.165, 1.54) is 6.92 Å². The number of hydrogen-bond donors (Lipinski definition) is 4. The fourth-order valence-corrected chi connectivity index (χ4v) is 2.07. The van der Waals surface area contributed by atoms with Gasteiger partial charge in [-0.2, -0.15) is 0 Å². The number of carbonyl (C=O) groups is 1. The van der Waals surface area contributed by atoms with Crippen LogP contribution in [0.3, 0.4) is 0 Å². The van der Waals surface area contributed by atoms with E-state index in [1.54, 1.807) is 18.2 Å². The van der Waals surface area contributed by atoms with E-state index in [0.29, 0.717) is 18.0 Å². The molecule has 0 unspecified atom stereocenters. The van der Waals surface area contributed by atoms with Crippen molar-refractivity contribution in [1.29, 1.82) is 0 Å². The Kier molecular flexibility index (Phi) is 7.88. The Morgan fingerprint density at radius 3 is 2.54 bits per heavy atom. The van der Waals surface area contributed by atoms with E-state index in [1.807, 2.05) is 24.3 Å².